The standard InChI is InChI=1S/C14H19FN2O/c15-12-5-3-11(4-6-12)14(18)17-9-10-1-7-13(16)8-2-10/h3-6,10,13H,1-2,7-9,16H2,(H,17,18). The fraction of sp³-hybridized carbons (Fsp3) is 0.500. The van der Waals surface area contributed by atoms with E-state index in [0.717, 1.165) is 25.7 Å². The molecule has 2 rings (SSSR count). The topological polar surface area (TPSA) is 55.1 Å². The van der Waals surface area contributed by atoms with Crippen LogP contribution in [0.2, 0.25) is 0 Å². The van der Waals surface area contributed by atoms with Crippen LogP contribution in [0.3, 0.4) is 0 Å². The molecule has 1 aromatic rings. The summed E-state index contributed by atoms with van der Waals surface area (Å²) in [5.41, 5.74) is 6.34. The van der Waals surface area contributed by atoms with Gasteiger partial charge in [0.15, 0.2) is 0 Å². The fourth-order valence-corrected chi connectivity index (χ4v) is 2.33. The number of benzene rings is 1. The first kappa shape index (κ1) is 13.0. The van der Waals surface area contributed by atoms with Gasteiger partial charge in [0.05, 0.1) is 0 Å². The molecule has 1 aromatic carbocycles. The molecule has 0 spiro atoms. The largest absolute Gasteiger partial charge is 0.352 e. The van der Waals surface area contributed by atoms with E-state index in [2.05, 4.69) is 5.32 Å². The van der Waals surface area contributed by atoms with E-state index in [1.807, 2.05) is 0 Å². The van der Waals surface area contributed by atoms with E-state index in [1.165, 1.54) is 24.3 Å². The molecular weight excluding hydrogens is 231 g/mol. The highest BCUT2D eigenvalue weighted by Crippen LogP contribution is 2.22. The maximum atomic E-state index is 12.7. The average Bonchev–Trinajstić information content (AvgIpc) is 2.38. The summed E-state index contributed by atoms with van der Waals surface area (Å²) >= 11 is 0. The molecule has 1 amide bonds. The number of nitrogens with one attached hydrogen (secondary N) is 1. The maximum Gasteiger partial charge on any atom is 0.251 e. The van der Waals surface area contributed by atoms with Crippen molar-refractivity contribution in [2.75, 3.05) is 6.54 Å². The van der Waals surface area contributed by atoms with Crippen LogP contribution in [0, 0.1) is 11.7 Å². The first-order valence-electron chi connectivity index (χ1n) is 6.44. The monoisotopic (exact) mass is 250 g/mol. The third kappa shape index (κ3) is 3.53. The molecule has 0 aromatic heterocycles. The number of rotatable bonds is 3. The summed E-state index contributed by atoms with van der Waals surface area (Å²) in [6, 6.07) is 5.93. The quantitative estimate of drug-likeness (QED) is 0.863. The van der Waals surface area contributed by atoms with Crippen LogP contribution in [0.4, 0.5) is 4.39 Å². The second kappa shape index (κ2) is 5.96. The molecule has 3 nitrogen and oxygen atoms in total. The molecule has 0 saturated heterocycles. The van der Waals surface area contributed by atoms with Crippen molar-refractivity contribution >= 4 is 5.91 Å². The minimum Gasteiger partial charge on any atom is -0.352 e. The molecule has 0 bridgehead atoms. The molecule has 1 aliphatic rings. The Labute approximate surface area is 107 Å². The van der Waals surface area contributed by atoms with E-state index in [4.69, 9.17) is 5.73 Å². The minimum atomic E-state index is -0.326. The number of hydrogen-bond donors (Lipinski definition) is 2. The number of hydrogen-bond acceptors (Lipinski definition) is 2. The number of nitrogens with two attached hydrogens (primary N) is 1. The van der Waals surface area contributed by atoms with Gasteiger partial charge in [-0.05, 0) is 55.9 Å². The molecule has 3 N–H and O–H groups in total. The van der Waals surface area contributed by atoms with Crippen molar-refractivity contribution < 1.29 is 9.18 Å². The first-order chi connectivity index (χ1) is 8.65. The molecule has 4 heteroatoms. The summed E-state index contributed by atoms with van der Waals surface area (Å²) in [6.45, 7) is 0.683. The number of carbonyl (C=O) groups excluding carboxylic acids is 1. The van der Waals surface area contributed by atoms with Crippen molar-refractivity contribution in [1.29, 1.82) is 0 Å². The van der Waals surface area contributed by atoms with Gasteiger partial charge in [-0.25, -0.2) is 4.39 Å². The lowest BCUT2D eigenvalue weighted by atomic mass is 9.86. The van der Waals surface area contributed by atoms with Crippen molar-refractivity contribution in [3.63, 3.8) is 0 Å². The Kier molecular flexibility index (Phi) is 4.31. The van der Waals surface area contributed by atoms with Crippen molar-refractivity contribution in [1.82, 2.24) is 5.32 Å². The van der Waals surface area contributed by atoms with Gasteiger partial charge in [-0.2, -0.15) is 0 Å². The van der Waals surface area contributed by atoms with E-state index in [-0.39, 0.29) is 11.7 Å². The minimum absolute atomic E-state index is 0.134. The van der Waals surface area contributed by atoms with Gasteiger partial charge in [0.25, 0.3) is 5.91 Å². The van der Waals surface area contributed by atoms with Gasteiger partial charge in [-0.15, -0.1) is 0 Å². The highest BCUT2D eigenvalue weighted by Gasteiger charge is 2.19. The molecule has 0 radical (unpaired) electrons. The van der Waals surface area contributed by atoms with Crippen LogP contribution in [-0.2, 0) is 0 Å². The van der Waals surface area contributed by atoms with Crippen molar-refractivity contribution in [2.45, 2.75) is 31.7 Å². The number of amides is 1. The third-order valence-corrected chi connectivity index (χ3v) is 3.55. The molecule has 98 valence electrons. The zero-order chi connectivity index (χ0) is 13.0. The Bertz CT molecular complexity index is 397. The van der Waals surface area contributed by atoms with E-state index >= 15 is 0 Å². The smallest absolute Gasteiger partial charge is 0.251 e. The van der Waals surface area contributed by atoms with Gasteiger partial charge in [-0.3, -0.25) is 4.79 Å². The van der Waals surface area contributed by atoms with Crippen LogP contribution >= 0.6 is 0 Å². The molecule has 18 heavy (non-hydrogen) atoms. The van der Waals surface area contributed by atoms with Gasteiger partial charge < -0.3 is 11.1 Å². The van der Waals surface area contributed by atoms with Gasteiger partial charge >= 0.3 is 0 Å². The molecule has 0 heterocycles. The van der Waals surface area contributed by atoms with Gasteiger partial charge in [0.2, 0.25) is 0 Å². The van der Waals surface area contributed by atoms with Gasteiger partial charge in [-0.1, -0.05) is 0 Å². The summed E-state index contributed by atoms with van der Waals surface area (Å²) in [5.74, 6) is 0.0619. The Morgan fingerprint density at radius 2 is 1.83 bits per heavy atom. The van der Waals surface area contributed by atoms with Crippen LogP contribution in [-0.4, -0.2) is 18.5 Å². The van der Waals surface area contributed by atoms with Crippen molar-refractivity contribution in [3.8, 4) is 0 Å². The van der Waals surface area contributed by atoms with Crippen LogP contribution in [0.1, 0.15) is 36.0 Å². The summed E-state index contributed by atoms with van der Waals surface area (Å²) in [7, 11) is 0. The number of halogens is 1. The summed E-state index contributed by atoms with van der Waals surface area (Å²) in [4.78, 5) is 11.8. The third-order valence-electron chi connectivity index (χ3n) is 3.55. The zero-order valence-electron chi connectivity index (χ0n) is 10.4. The van der Waals surface area contributed by atoms with E-state index in [0.29, 0.717) is 24.1 Å². The molecular formula is C14H19FN2O. The molecule has 1 aliphatic carbocycles. The molecule has 0 aliphatic heterocycles. The van der Waals surface area contributed by atoms with Crippen LogP contribution in [0.15, 0.2) is 24.3 Å². The predicted octanol–water partition coefficient (Wildman–Crippen LogP) is 2.07. The maximum absolute atomic E-state index is 12.7. The zero-order valence-corrected chi connectivity index (χ0v) is 10.4. The van der Waals surface area contributed by atoms with Crippen LogP contribution < -0.4 is 11.1 Å². The SMILES string of the molecule is NC1CCC(CNC(=O)c2ccc(F)cc2)CC1. The molecule has 1 saturated carbocycles. The highest BCUT2D eigenvalue weighted by molar-refractivity contribution is 5.94. The molecule has 0 unspecified atom stereocenters. The second-order valence-electron chi connectivity index (χ2n) is 5.00. The van der Waals surface area contributed by atoms with Crippen LogP contribution in [0.5, 0.6) is 0 Å². The summed E-state index contributed by atoms with van der Waals surface area (Å²) in [6.07, 6.45) is 4.23. The Balaban J connectivity index is 1.79. The van der Waals surface area contributed by atoms with Crippen LogP contribution in [0.25, 0.3) is 0 Å². The van der Waals surface area contributed by atoms with Crippen molar-refractivity contribution in [2.24, 2.45) is 11.7 Å². The van der Waals surface area contributed by atoms with E-state index in [1.54, 1.807) is 0 Å². The summed E-state index contributed by atoms with van der Waals surface area (Å²) in [5, 5.41) is 2.90. The Morgan fingerprint density at radius 1 is 1.22 bits per heavy atom. The lowest BCUT2D eigenvalue weighted by molar-refractivity contribution is 0.0943. The lowest BCUT2D eigenvalue weighted by Gasteiger charge is -2.26. The van der Waals surface area contributed by atoms with E-state index < -0.39 is 0 Å². The molecule has 1 fully saturated rings. The van der Waals surface area contributed by atoms with E-state index in [9.17, 15) is 9.18 Å². The molecule has 0 atom stereocenters. The Hall–Kier alpha value is -1.42. The second-order valence-corrected chi connectivity index (χ2v) is 5.00. The summed E-state index contributed by atoms with van der Waals surface area (Å²) < 4.78 is 12.7. The van der Waals surface area contributed by atoms with Gasteiger partial charge in [0.1, 0.15) is 5.82 Å². The normalized spacial score (nSPS) is 23.7. The fourth-order valence-electron chi connectivity index (χ4n) is 2.33. The van der Waals surface area contributed by atoms with Gasteiger partial charge in [0, 0.05) is 18.2 Å². The lowest BCUT2D eigenvalue weighted by Crippen LogP contribution is -2.34. The Morgan fingerprint density at radius 3 is 2.44 bits per heavy atom. The first-order valence-corrected chi connectivity index (χ1v) is 6.44. The van der Waals surface area contributed by atoms with Crippen molar-refractivity contribution in [3.05, 3.63) is 35.6 Å². The predicted molar refractivity (Wildman–Crippen MR) is 68.7 cm³/mol. The average molecular weight is 250 g/mol. The number of carbonyl (C=O) groups is 1. The highest BCUT2D eigenvalue weighted by atomic mass is 19.1.